The zero-order valence-corrected chi connectivity index (χ0v) is 15.1. The summed E-state index contributed by atoms with van der Waals surface area (Å²) in [5.74, 6) is 0.372. The molecule has 0 saturated heterocycles. The number of benzene rings is 1. The molecular weight excluding hydrogens is 330 g/mol. The van der Waals surface area contributed by atoms with E-state index in [0.29, 0.717) is 30.1 Å². The second-order valence-electron chi connectivity index (χ2n) is 5.67. The number of esters is 1. The lowest BCUT2D eigenvalue weighted by Gasteiger charge is -2.14. The molecule has 0 spiro atoms. The molecule has 0 radical (unpaired) electrons. The van der Waals surface area contributed by atoms with Gasteiger partial charge in [-0.1, -0.05) is 0 Å². The third-order valence-electron chi connectivity index (χ3n) is 3.80. The van der Waals surface area contributed by atoms with Gasteiger partial charge < -0.3 is 14.8 Å². The van der Waals surface area contributed by atoms with Crippen LogP contribution in [-0.2, 0) is 4.74 Å². The molecule has 6 heteroatoms. The van der Waals surface area contributed by atoms with Crippen molar-refractivity contribution >= 4 is 28.4 Å². The second-order valence-corrected chi connectivity index (χ2v) is 5.67. The Kier molecular flexibility index (Phi) is 5.31. The highest BCUT2D eigenvalue weighted by Crippen LogP contribution is 2.30. The predicted octanol–water partition coefficient (Wildman–Crippen LogP) is 4.26. The standard InChI is InChI=1S/C20H21N3O3/c1-4-25-15-9-7-14(8-10-15)23-18-16-11-6-13(3)22-19(16)21-12-17(18)20(24)26-5-2/h6-12H,4-5H2,1-3H3,(H,21,22,23). The first-order valence-electron chi connectivity index (χ1n) is 8.55. The van der Waals surface area contributed by atoms with Crippen molar-refractivity contribution < 1.29 is 14.3 Å². The van der Waals surface area contributed by atoms with E-state index in [1.165, 1.54) is 6.20 Å². The van der Waals surface area contributed by atoms with Crippen molar-refractivity contribution in [3.63, 3.8) is 0 Å². The largest absolute Gasteiger partial charge is 0.494 e. The maximum Gasteiger partial charge on any atom is 0.341 e. The topological polar surface area (TPSA) is 73.3 Å². The molecular formula is C20H21N3O3. The quantitative estimate of drug-likeness (QED) is 0.669. The molecule has 1 N–H and O–H groups in total. The van der Waals surface area contributed by atoms with E-state index >= 15 is 0 Å². The molecule has 2 heterocycles. The normalized spacial score (nSPS) is 10.6. The van der Waals surface area contributed by atoms with Crippen LogP contribution >= 0.6 is 0 Å². The van der Waals surface area contributed by atoms with Crippen LogP contribution in [-0.4, -0.2) is 29.2 Å². The Morgan fingerprint density at radius 3 is 2.54 bits per heavy atom. The van der Waals surface area contributed by atoms with Crippen molar-refractivity contribution in [1.82, 2.24) is 9.97 Å². The number of ether oxygens (including phenoxy) is 2. The monoisotopic (exact) mass is 351 g/mol. The summed E-state index contributed by atoms with van der Waals surface area (Å²) >= 11 is 0. The molecule has 0 aliphatic rings. The van der Waals surface area contributed by atoms with Gasteiger partial charge in [-0.05, 0) is 57.2 Å². The Labute approximate surface area is 152 Å². The highest BCUT2D eigenvalue weighted by molar-refractivity contribution is 6.05. The number of nitrogens with one attached hydrogen (secondary N) is 1. The second kappa shape index (κ2) is 7.82. The Bertz CT molecular complexity index is 923. The first-order valence-corrected chi connectivity index (χ1v) is 8.55. The molecule has 1 aromatic carbocycles. The Hall–Kier alpha value is -3.15. The number of fused-ring (bicyclic) bond motifs is 1. The fraction of sp³-hybridized carbons (Fsp3) is 0.250. The van der Waals surface area contributed by atoms with Crippen molar-refractivity contribution in [2.75, 3.05) is 18.5 Å². The van der Waals surface area contributed by atoms with Crippen LogP contribution in [0.25, 0.3) is 11.0 Å². The fourth-order valence-electron chi connectivity index (χ4n) is 2.62. The summed E-state index contributed by atoms with van der Waals surface area (Å²) < 4.78 is 10.6. The number of carbonyl (C=O) groups excluding carboxylic acids is 1. The molecule has 0 amide bonds. The highest BCUT2D eigenvalue weighted by atomic mass is 16.5. The molecule has 0 unspecified atom stereocenters. The van der Waals surface area contributed by atoms with Crippen molar-refractivity contribution in [3.8, 4) is 5.75 Å². The minimum atomic E-state index is -0.420. The molecule has 0 bridgehead atoms. The van der Waals surface area contributed by atoms with Crippen molar-refractivity contribution in [1.29, 1.82) is 0 Å². The van der Waals surface area contributed by atoms with E-state index in [1.807, 2.05) is 50.2 Å². The first-order chi connectivity index (χ1) is 12.6. The predicted molar refractivity (Wildman–Crippen MR) is 101 cm³/mol. The average Bonchev–Trinajstić information content (AvgIpc) is 2.63. The van der Waals surface area contributed by atoms with Crippen LogP contribution in [0.15, 0.2) is 42.6 Å². The maximum absolute atomic E-state index is 12.4. The first kappa shape index (κ1) is 17.7. The van der Waals surface area contributed by atoms with E-state index in [4.69, 9.17) is 9.47 Å². The summed E-state index contributed by atoms with van der Waals surface area (Å²) in [6.07, 6.45) is 1.50. The van der Waals surface area contributed by atoms with Gasteiger partial charge in [0.2, 0.25) is 0 Å². The van der Waals surface area contributed by atoms with Crippen LogP contribution in [0.1, 0.15) is 29.9 Å². The number of aryl methyl sites for hydroxylation is 1. The minimum Gasteiger partial charge on any atom is -0.494 e. The molecule has 3 aromatic rings. The van der Waals surface area contributed by atoms with Crippen molar-refractivity contribution in [3.05, 3.63) is 53.9 Å². The van der Waals surface area contributed by atoms with Crippen LogP contribution in [0.5, 0.6) is 5.75 Å². The van der Waals surface area contributed by atoms with E-state index < -0.39 is 5.97 Å². The van der Waals surface area contributed by atoms with Gasteiger partial charge >= 0.3 is 5.97 Å². The van der Waals surface area contributed by atoms with Gasteiger partial charge in [0.05, 0.1) is 18.9 Å². The number of hydrogen-bond donors (Lipinski definition) is 1. The highest BCUT2D eigenvalue weighted by Gasteiger charge is 2.17. The van der Waals surface area contributed by atoms with Crippen LogP contribution in [0.4, 0.5) is 11.4 Å². The summed E-state index contributed by atoms with van der Waals surface area (Å²) in [6.45, 7) is 6.53. The number of rotatable bonds is 6. The molecule has 0 fully saturated rings. The van der Waals surface area contributed by atoms with Crippen molar-refractivity contribution in [2.45, 2.75) is 20.8 Å². The number of carbonyl (C=O) groups is 1. The fourth-order valence-corrected chi connectivity index (χ4v) is 2.62. The molecule has 0 aliphatic carbocycles. The van der Waals surface area contributed by atoms with E-state index in [0.717, 1.165) is 22.5 Å². The van der Waals surface area contributed by atoms with Gasteiger partial charge in [0.15, 0.2) is 5.65 Å². The molecule has 0 saturated carbocycles. The zero-order chi connectivity index (χ0) is 18.5. The number of nitrogens with zero attached hydrogens (tertiary/aromatic N) is 2. The number of hydrogen-bond acceptors (Lipinski definition) is 6. The van der Waals surface area contributed by atoms with Gasteiger partial charge in [-0.2, -0.15) is 0 Å². The van der Waals surface area contributed by atoms with Crippen LogP contribution in [0.3, 0.4) is 0 Å². The van der Waals surface area contributed by atoms with Crippen LogP contribution in [0.2, 0.25) is 0 Å². The van der Waals surface area contributed by atoms with Crippen LogP contribution < -0.4 is 10.1 Å². The molecule has 134 valence electrons. The van der Waals surface area contributed by atoms with Crippen molar-refractivity contribution in [2.24, 2.45) is 0 Å². The summed E-state index contributed by atoms with van der Waals surface area (Å²) in [4.78, 5) is 21.1. The van der Waals surface area contributed by atoms with Gasteiger partial charge in [0.1, 0.15) is 11.3 Å². The number of aromatic nitrogens is 2. The zero-order valence-electron chi connectivity index (χ0n) is 15.1. The summed E-state index contributed by atoms with van der Waals surface area (Å²) in [5, 5.41) is 4.07. The van der Waals surface area contributed by atoms with E-state index in [1.54, 1.807) is 6.92 Å². The Balaban J connectivity index is 2.05. The maximum atomic E-state index is 12.4. The third kappa shape index (κ3) is 3.74. The molecule has 0 aliphatic heterocycles. The summed E-state index contributed by atoms with van der Waals surface area (Å²) in [7, 11) is 0. The SMILES string of the molecule is CCOC(=O)c1cnc2nc(C)ccc2c1Nc1ccc(OCC)cc1. The summed E-state index contributed by atoms with van der Waals surface area (Å²) in [5.41, 5.74) is 3.27. The minimum absolute atomic E-state index is 0.297. The lowest BCUT2D eigenvalue weighted by Crippen LogP contribution is -2.09. The molecule has 26 heavy (non-hydrogen) atoms. The molecule has 3 rings (SSSR count). The number of anilines is 2. The van der Waals surface area contributed by atoms with Gasteiger partial charge in [0.25, 0.3) is 0 Å². The summed E-state index contributed by atoms with van der Waals surface area (Å²) in [6, 6.07) is 11.3. The van der Waals surface area contributed by atoms with E-state index in [2.05, 4.69) is 15.3 Å². The smallest absolute Gasteiger partial charge is 0.341 e. The van der Waals surface area contributed by atoms with Gasteiger partial charge in [-0.3, -0.25) is 0 Å². The molecule has 6 nitrogen and oxygen atoms in total. The Morgan fingerprint density at radius 2 is 1.85 bits per heavy atom. The third-order valence-corrected chi connectivity index (χ3v) is 3.80. The number of pyridine rings is 2. The molecule has 0 atom stereocenters. The average molecular weight is 351 g/mol. The van der Waals surface area contributed by atoms with Gasteiger partial charge in [-0.15, -0.1) is 0 Å². The lowest BCUT2D eigenvalue weighted by atomic mass is 10.1. The van der Waals surface area contributed by atoms with Crippen LogP contribution in [0, 0.1) is 6.92 Å². The molecule has 2 aromatic heterocycles. The van der Waals surface area contributed by atoms with E-state index in [-0.39, 0.29) is 0 Å². The van der Waals surface area contributed by atoms with Gasteiger partial charge in [-0.25, -0.2) is 14.8 Å². The lowest BCUT2D eigenvalue weighted by molar-refractivity contribution is 0.0527. The Morgan fingerprint density at radius 1 is 1.08 bits per heavy atom. The van der Waals surface area contributed by atoms with E-state index in [9.17, 15) is 4.79 Å². The van der Waals surface area contributed by atoms with Gasteiger partial charge in [0, 0.05) is 23.0 Å².